The maximum absolute atomic E-state index is 12.3. The quantitative estimate of drug-likeness (QED) is 0.247. The van der Waals surface area contributed by atoms with Gasteiger partial charge in [-0.05, 0) is 18.6 Å². The van der Waals surface area contributed by atoms with Crippen molar-refractivity contribution in [3.05, 3.63) is 28.6 Å². The molecule has 0 saturated heterocycles. The lowest BCUT2D eigenvalue weighted by Crippen LogP contribution is -2.49. The summed E-state index contributed by atoms with van der Waals surface area (Å²) in [6, 6.07) is 3.29. The van der Waals surface area contributed by atoms with Gasteiger partial charge in [0.25, 0.3) is 17.6 Å². The number of rotatable bonds is 9. The molecule has 0 bridgehead atoms. The van der Waals surface area contributed by atoms with Gasteiger partial charge in [0.1, 0.15) is 5.75 Å². The third-order valence-electron chi connectivity index (χ3n) is 4.06. The average molecular weight is 436 g/mol. The van der Waals surface area contributed by atoms with E-state index in [-0.39, 0.29) is 11.3 Å². The van der Waals surface area contributed by atoms with Crippen molar-refractivity contribution in [2.75, 3.05) is 20.8 Å². The molecule has 2 amide bonds. The summed E-state index contributed by atoms with van der Waals surface area (Å²) < 4.78 is 15.1. The van der Waals surface area contributed by atoms with Gasteiger partial charge >= 0.3 is 11.9 Å². The first-order chi connectivity index (χ1) is 14.2. The third kappa shape index (κ3) is 4.74. The van der Waals surface area contributed by atoms with E-state index < -0.39 is 42.2 Å². The number of hydrogen-bond acceptors (Lipinski definition) is 9. The first-order valence-electron chi connectivity index (χ1n) is 8.71. The normalized spacial score (nSPS) is 10.5. The number of benzene rings is 1. The zero-order valence-corrected chi connectivity index (χ0v) is 17.3. The van der Waals surface area contributed by atoms with Crippen molar-refractivity contribution in [3.8, 4) is 5.75 Å². The Bertz CT molecular complexity index is 997. The van der Waals surface area contributed by atoms with Crippen molar-refractivity contribution in [1.82, 2.24) is 5.32 Å². The van der Waals surface area contributed by atoms with Gasteiger partial charge in [0, 0.05) is 15.0 Å². The number of hydrogen-bond donors (Lipinski definition) is 2. The number of carbonyl (C=O) groups excluding carboxylic acids is 5. The first-order valence-corrected chi connectivity index (χ1v) is 9.53. The van der Waals surface area contributed by atoms with Crippen LogP contribution in [-0.2, 0) is 35.1 Å². The summed E-state index contributed by atoms with van der Waals surface area (Å²) >= 11 is 1.31. The Hall–Kier alpha value is -3.47. The van der Waals surface area contributed by atoms with Gasteiger partial charge < -0.3 is 25.3 Å². The molecule has 10 nitrogen and oxygen atoms in total. The van der Waals surface area contributed by atoms with Crippen LogP contribution in [0, 0.1) is 0 Å². The van der Waals surface area contributed by atoms with Crippen molar-refractivity contribution >= 4 is 51.0 Å². The Morgan fingerprint density at radius 1 is 1.10 bits per heavy atom. The van der Waals surface area contributed by atoms with Gasteiger partial charge in [-0.25, -0.2) is 9.59 Å². The molecule has 1 aromatic carbocycles. The van der Waals surface area contributed by atoms with E-state index in [2.05, 4.69) is 14.8 Å². The van der Waals surface area contributed by atoms with Crippen LogP contribution in [0.15, 0.2) is 18.2 Å². The van der Waals surface area contributed by atoms with Crippen LogP contribution in [0.4, 0.5) is 0 Å². The van der Waals surface area contributed by atoms with E-state index in [1.807, 2.05) is 6.92 Å². The lowest BCUT2D eigenvalue weighted by atomic mass is 10.0. The average Bonchev–Trinajstić information content (AvgIpc) is 3.13. The summed E-state index contributed by atoms with van der Waals surface area (Å²) in [4.78, 5) is 60.0. The number of Topliss-reactive ketones (excluding diaryl/α,β-unsaturated/α-hetero) is 1. The van der Waals surface area contributed by atoms with Crippen molar-refractivity contribution < 1.29 is 38.2 Å². The molecule has 11 heteroatoms. The van der Waals surface area contributed by atoms with Crippen LogP contribution in [-0.4, -0.2) is 56.4 Å². The highest BCUT2D eigenvalue weighted by Gasteiger charge is 2.31. The predicted octanol–water partition coefficient (Wildman–Crippen LogP) is 0.341. The number of primary amides is 1. The van der Waals surface area contributed by atoms with Crippen LogP contribution in [0.1, 0.15) is 22.2 Å². The van der Waals surface area contributed by atoms with Crippen molar-refractivity contribution in [2.24, 2.45) is 5.73 Å². The Morgan fingerprint density at radius 3 is 2.27 bits per heavy atom. The molecule has 2 aromatic rings. The summed E-state index contributed by atoms with van der Waals surface area (Å²) in [6.07, 6.45) is 0.494. The largest absolute Gasteiger partial charge is 0.483 e. The lowest BCUT2D eigenvalue weighted by Gasteiger charge is -2.15. The van der Waals surface area contributed by atoms with Gasteiger partial charge in [-0.2, -0.15) is 0 Å². The molecule has 1 heterocycles. The number of amides is 2. The van der Waals surface area contributed by atoms with Crippen LogP contribution in [0.2, 0.25) is 0 Å². The second-order valence-corrected chi connectivity index (χ2v) is 7.05. The minimum Gasteiger partial charge on any atom is -0.483 e. The number of nitrogens with two attached hydrogens (primary N) is 1. The second kappa shape index (κ2) is 9.83. The minimum atomic E-state index is -1.65. The highest BCUT2D eigenvalue weighted by molar-refractivity contribution is 7.19. The van der Waals surface area contributed by atoms with Gasteiger partial charge in [-0.15, -0.1) is 11.3 Å². The lowest BCUT2D eigenvalue weighted by molar-refractivity contribution is -0.157. The van der Waals surface area contributed by atoms with Gasteiger partial charge in [0.15, 0.2) is 6.61 Å². The molecule has 0 aliphatic rings. The molecule has 30 heavy (non-hydrogen) atoms. The molecule has 0 aliphatic carbocycles. The summed E-state index contributed by atoms with van der Waals surface area (Å²) in [5.74, 6) is -4.59. The number of aryl methyl sites for hydroxylation is 1. The monoisotopic (exact) mass is 436 g/mol. The molecule has 0 fully saturated rings. The molecular weight excluding hydrogens is 416 g/mol. The molecular formula is C19H20N2O8S. The molecule has 0 radical (unpaired) electrons. The van der Waals surface area contributed by atoms with E-state index in [9.17, 15) is 24.0 Å². The first kappa shape index (κ1) is 22.8. The van der Waals surface area contributed by atoms with Crippen molar-refractivity contribution in [1.29, 1.82) is 0 Å². The van der Waals surface area contributed by atoms with Gasteiger partial charge in [-0.3, -0.25) is 14.4 Å². The smallest absolute Gasteiger partial charge is 0.340 e. The Kier molecular flexibility index (Phi) is 7.48. The van der Waals surface area contributed by atoms with Crippen molar-refractivity contribution in [3.63, 3.8) is 0 Å². The maximum atomic E-state index is 12.3. The fraction of sp³-hybridized carbons (Fsp3) is 0.316. The zero-order chi connectivity index (χ0) is 22.4. The van der Waals surface area contributed by atoms with E-state index >= 15 is 0 Å². The summed E-state index contributed by atoms with van der Waals surface area (Å²) in [6.45, 7) is 1.25. The van der Waals surface area contributed by atoms with E-state index in [1.165, 1.54) is 17.4 Å². The summed E-state index contributed by atoms with van der Waals surface area (Å²) in [5, 5.41) is 2.53. The fourth-order valence-electron chi connectivity index (χ4n) is 2.69. The maximum Gasteiger partial charge on any atom is 0.340 e. The number of fused-ring (bicyclic) bond motifs is 1. The van der Waals surface area contributed by atoms with E-state index in [0.29, 0.717) is 21.4 Å². The van der Waals surface area contributed by atoms with E-state index in [0.717, 1.165) is 14.2 Å². The Morgan fingerprint density at radius 2 is 1.73 bits per heavy atom. The molecule has 2 rings (SSSR count). The Labute approximate surface area is 175 Å². The Balaban J connectivity index is 2.29. The molecule has 0 aliphatic heterocycles. The number of ether oxygens (including phenoxy) is 3. The van der Waals surface area contributed by atoms with Gasteiger partial charge in [0.05, 0.1) is 19.8 Å². The summed E-state index contributed by atoms with van der Waals surface area (Å²) in [5.41, 5.74) is 5.32. The molecule has 0 atom stereocenters. The summed E-state index contributed by atoms with van der Waals surface area (Å²) in [7, 11) is 2.11. The number of carbonyl (C=O) groups is 5. The van der Waals surface area contributed by atoms with Crippen LogP contribution in [0.25, 0.3) is 10.1 Å². The van der Waals surface area contributed by atoms with Gasteiger partial charge in [0.2, 0.25) is 6.04 Å². The minimum absolute atomic E-state index is 0.142. The standard InChI is InChI=1S/C19H20N2O8S/c1-4-10-14(16(23)17(20)24)13-9(6-5-7-11(13)30-10)29-8-12(22)21-15(18(25)27-2)19(26)28-3/h5-7,15H,4,8H2,1-3H3,(H2,20,24)(H,21,22). The molecule has 0 spiro atoms. The molecule has 0 saturated carbocycles. The number of ketones is 1. The molecule has 1 aromatic heterocycles. The topological polar surface area (TPSA) is 151 Å². The van der Waals surface area contributed by atoms with Gasteiger partial charge in [-0.1, -0.05) is 13.0 Å². The number of nitrogens with one attached hydrogen (secondary N) is 1. The van der Waals surface area contributed by atoms with Crippen LogP contribution in [0.3, 0.4) is 0 Å². The zero-order valence-electron chi connectivity index (χ0n) is 16.5. The van der Waals surface area contributed by atoms with E-state index in [1.54, 1.807) is 12.1 Å². The number of methoxy groups -OCH3 is 2. The molecule has 160 valence electrons. The second-order valence-electron chi connectivity index (χ2n) is 5.91. The highest BCUT2D eigenvalue weighted by atomic mass is 32.1. The number of esters is 2. The van der Waals surface area contributed by atoms with Crippen LogP contribution >= 0.6 is 11.3 Å². The third-order valence-corrected chi connectivity index (χ3v) is 5.36. The predicted molar refractivity (Wildman–Crippen MR) is 106 cm³/mol. The highest BCUT2D eigenvalue weighted by Crippen LogP contribution is 2.38. The molecule has 3 N–H and O–H groups in total. The number of thiophene rings is 1. The van der Waals surface area contributed by atoms with E-state index in [4.69, 9.17) is 10.5 Å². The van der Waals surface area contributed by atoms with Crippen LogP contribution < -0.4 is 15.8 Å². The SMILES string of the molecule is CCc1sc2cccc(OCC(=O)NC(C(=O)OC)C(=O)OC)c2c1C(=O)C(N)=O. The van der Waals surface area contributed by atoms with Crippen LogP contribution in [0.5, 0.6) is 5.75 Å². The van der Waals surface area contributed by atoms with Crippen molar-refractivity contribution in [2.45, 2.75) is 19.4 Å². The fourth-order valence-corrected chi connectivity index (χ4v) is 3.85. The molecule has 0 unspecified atom stereocenters.